The molecule has 0 aliphatic heterocycles. The van der Waals surface area contributed by atoms with E-state index in [-0.39, 0.29) is 6.10 Å². The number of benzene rings is 1. The minimum atomic E-state index is 0.145. The highest BCUT2D eigenvalue weighted by Crippen LogP contribution is 2.28. The molecular weight excluding hydrogens is 190 g/mol. The average molecular weight is 209 g/mol. The van der Waals surface area contributed by atoms with Crippen LogP contribution in [0.4, 0.5) is 0 Å². The van der Waals surface area contributed by atoms with Crippen LogP contribution in [0, 0.1) is 0 Å². The summed E-state index contributed by atoms with van der Waals surface area (Å²) in [4.78, 5) is 0. The molecule has 0 aromatic heterocycles. The Balaban J connectivity index is 2.91. The highest BCUT2D eigenvalue weighted by molar-refractivity contribution is 5.43. The molecule has 0 heterocycles. The zero-order valence-corrected chi connectivity index (χ0v) is 9.62. The quantitative estimate of drug-likeness (QED) is 0.806. The van der Waals surface area contributed by atoms with E-state index in [4.69, 9.17) is 15.2 Å². The average Bonchev–Trinajstić information content (AvgIpc) is 2.18. The minimum absolute atomic E-state index is 0.145. The van der Waals surface area contributed by atoms with Crippen molar-refractivity contribution in [3.63, 3.8) is 0 Å². The highest BCUT2D eigenvalue weighted by Gasteiger charge is 2.06. The molecule has 2 N–H and O–H groups in total. The molecule has 84 valence electrons. The third-order valence-corrected chi connectivity index (χ3v) is 2.02. The van der Waals surface area contributed by atoms with Crippen LogP contribution < -0.4 is 15.2 Å². The van der Waals surface area contributed by atoms with Gasteiger partial charge >= 0.3 is 0 Å². The molecule has 3 heteroatoms. The van der Waals surface area contributed by atoms with Crippen LogP contribution in [0.1, 0.15) is 19.4 Å². The Labute approximate surface area is 91.2 Å². The van der Waals surface area contributed by atoms with Crippen molar-refractivity contribution in [1.82, 2.24) is 0 Å². The fourth-order valence-corrected chi connectivity index (χ4v) is 1.39. The minimum Gasteiger partial charge on any atom is -0.493 e. The molecule has 0 fully saturated rings. The van der Waals surface area contributed by atoms with Crippen molar-refractivity contribution in [1.29, 1.82) is 0 Å². The number of hydrogen-bond donors (Lipinski definition) is 1. The Morgan fingerprint density at radius 1 is 1.27 bits per heavy atom. The summed E-state index contributed by atoms with van der Waals surface area (Å²) in [5, 5.41) is 0. The second-order valence-corrected chi connectivity index (χ2v) is 3.69. The fraction of sp³-hybridized carbons (Fsp3) is 0.500. The molecule has 15 heavy (non-hydrogen) atoms. The summed E-state index contributed by atoms with van der Waals surface area (Å²) in [6, 6.07) is 5.92. The van der Waals surface area contributed by atoms with Crippen molar-refractivity contribution < 1.29 is 9.47 Å². The van der Waals surface area contributed by atoms with Gasteiger partial charge in [-0.05, 0) is 44.5 Å². The molecule has 3 nitrogen and oxygen atoms in total. The van der Waals surface area contributed by atoms with Crippen LogP contribution >= 0.6 is 0 Å². The molecule has 0 aliphatic rings. The molecule has 0 spiro atoms. The van der Waals surface area contributed by atoms with Crippen LogP contribution in [-0.4, -0.2) is 19.8 Å². The molecule has 1 aromatic rings. The van der Waals surface area contributed by atoms with E-state index in [9.17, 15) is 0 Å². The second kappa shape index (κ2) is 5.61. The van der Waals surface area contributed by atoms with Gasteiger partial charge in [0.2, 0.25) is 0 Å². The summed E-state index contributed by atoms with van der Waals surface area (Å²) in [7, 11) is 1.64. The van der Waals surface area contributed by atoms with Gasteiger partial charge in [0.25, 0.3) is 0 Å². The fourth-order valence-electron chi connectivity index (χ4n) is 1.39. The van der Waals surface area contributed by atoms with Crippen LogP contribution in [0.15, 0.2) is 18.2 Å². The van der Waals surface area contributed by atoms with Gasteiger partial charge in [0, 0.05) is 0 Å². The maximum absolute atomic E-state index is 5.66. The van der Waals surface area contributed by atoms with Crippen LogP contribution in [0.2, 0.25) is 0 Å². The summed E-state index contributed by atoms with van der Waals surface area (Å²) in [5.74, 6) is 1.56. The van der Waals surface area contributed by atoms with Crippen LogP contribution in [-0.2, 0) is 6.42 Å². The molecule has 0 saturated carbocycles. The number of nitrogens with two attached hydrogens (primary N) is 1. The van der Waals surface area contributed by atoms with Crippen LogP contribution in [0.25, 0.3) is 0 Å². The topological polar surface area (TPSA) is 44.5 Å². The van der Waals surface area contributed by atoms with Gasteiger partial charge < -0.3 is 15.2 Å². The lowest BCUT2D eigenvalue weighted by Crippen LogP contribution is -2.08. The highest BCUT2D eigenvalue weighted by atomic mass is 16.5. The first kappa shape index (κ1) is 11.9. The molecule has 0 amide bonds. The van der Waals surface area contributed by atoms with E-state index in [0.717, 1.165) is 17.9 Å². The van der Waals surface area contributed by atoms with E-state index < -0.39 is 0 Å². The van der Waals surface area contributed by atoms with Gasteiger partial charge in [0.15, 0.2) is 11.5 Å². The Morgan fingerprint density at radius 3 is 2.53 bits per heavy atom. The zero-order chi connectivity index (χ0) is 11.3. The summed E-state index contributed by atoms with van der Waals surface area (Å²) in [6.45, 7) is 4.64. The number of rotatable bonds is 5. The van der Waals surface area contributed by atoms with Gasteiger partial charge in [-0.15, -0.1) is 0 Å². The Hall–Kier alpha value is -1.22. The van der Waals surface area contributed by atoms with E-state index in [2.05, 4.69) is 0 Å². The Kier molecular flexibility index (Phi) is 4.43. The molecule has 0 atom stereocenters. The van der Waals surface area contributed by atoms with Gasteiger partial charge in [0.05, 0.1) is 13.2 Å². The summed E-state index contributed by atoms with van der Waals surface area (Å²) in [6.07, 6.45) is 1.00. The van der Waals surface area contributed by atoms with Gasteiger partial charge in [-0.3, -0.25) is 0 Å². The summed E-state index contributed by atoms with van der Waals surface area (Å²) in [5.41, 5.74) is 6.69. The largest absolute Gasteiger partial charge is 0.493 e. The van der Waals surface area contributed by atoms with E-state index in [1.165, 1.54) is 5.56 Å². The molecule has 0 aliphatic carbocycles. The Morgan fingerprint density at radius 2 is 2.00 bits per heavy atom. The Bertz CT molecular complexity index is 310. The first-order valence-corrected chi connectivity index (χ1v) is 5.21. The number of methoxy groups -OCH3 is 1. The van der Waals surface area contributed by atoms with Crippen LogP contribution in [0.5, 0.6) is 11.5 Å². The zero-order valence-electron chi connectivity index (χ0n) is 9.62. The van der Waals surface area contributed by atoms with Gasteiger partial charge in [-0.2, -0.15) is 0 Å². The van der Waals surface area contributed by atoms with Crippen molar-refractivity contribution in [3.8, 4) is 11.5 Å². The second-order valence-electron chi connectivity index (χ2n) is 3.69. The number of ether oxygens (including phenoxy) is 2. The monoisotopic (exact) mass is 209 g/mol. The van der Waals surface area contributed by atoms with Gasteiger partial charge in [-0.1, -0.05) is 6.07 Å². The van der Waals surface area contributed by atoms with Crippen molar-refractivity contribution in [2.24, 2.45) is 5.73 Å². The molecule has 0 radical (unpaired) electrons. The normalized spacial score (nSPS) is 10.5. The maximum atomic E-state index is 5.66. The third kappa shape index (κ3) is 3.44. The molecule has 0 saturated heterocycles. The lowest BCUT2D eigenvalue weighted by Gasteiger charge is -2.14. The van der Waals surface area contributed by atoms with E-state index in [1.807, 2.05) is 32.0 Å². The van der Waals surface area contributed by atoms with E-state index in [1.54, 1.807) is 7.11 Å². The number of hydrogen-bond acceptors (Lipinski definition) is 3. The van der Waals surface area contributed by atoms with Gasteiger partial charge in [0.1, 0.15) is 0 Å². The maximum Gasteiger partial charge on any atom is 0.161 e. The predicted molar refractivity (Wildman–Crippen MR) is 61.5 cm³/mol. The van der Waals surface area contributed by atoms with Crippen LogP contribution in [0.3, 0.4) is 0 Å². The van der Waals surface area contributed by atoms with Crippen molar-refractivity contribution in [2.75, 3.05) is 13.7 Å². The first-order valence-electron chi connectivity index (χ1n) is 5.21. The molecular formula is C12H19NO2. The summed E-state index contributed by atoms with van der Waals surface area (Å²) < 4.78 is 10.9. The van der Waals surface area contributed by atoms with Gasteiger partial charge in [-0.25, -0.2) is 0 Å². The van der Waals surface area contributed by atoms with Crippen molar-refractivity contribution in [3.05, 3.63) is 23.8 Å². The summed E-state index contributed by atoms with van der Waals surface area (Å²) >= 11 is 0. The molecule has 0 unspecified atom stereocenters. The third-order valence-electron chi connectivity index (χ3n) is 2.02. The van der Waals surface area contributed by atoms with Crippen molar-refractivity contribution >= 4 is 0 Å². The first-order chi connectivity index (χ1) is 7.17. The SMILES string of the molecule is COc1ccc(CCN)cc1OC(C)C. The lowest BCUT2D eigenvalue weighted by molar-refractivity contribution is 0.230. The smallest absolute Gasteiger partial charge is 0.161 e. The lowest BCUT2D eigenvalue weighted by atomic mass is 10.1. The molecule has 1 aromatic carbocycles. The van der Waals surface area contributed by atoms with E-state index >= 15 is 0 Å². The van der Waals surface area contributed by atoms with E-state index in [0.29, 0.717) is 6.54 Å². The molecule has 0 bridgehead atoms. The van der Waals surface area contributed by atoms with Crippen molar-refractivity contribution in [2.45, 2.75) is 26.4 Å². The standard InChI is InChI=1S/C12H19NO2/c1-9(2)15-12-8-10(6-7-13)4-5-11(12)14-3/h4-5,8-9H,6-7,13H2,1-3H3. The predicted octanol–water partition coefficient (Wildman–Crippen LogP) is 1.98. The molecule has 1 rings (SSSR count).